The number of halogens is 1. The summed E-state index contributed by atoms with van der Waals surface area (Å²) in [6, 6.07) is 15.8. The van der Waals surface area contributed by atoms with Gasteiger partial charge in [-0.05, 0) is 42.7 Å². The second kappa shape index (κ2) is 9.15. The molecule has 3 aromatic rings. The summed E-state index contributed by atoms with van der Waals surface area (Å²) in [4.78, 5) is 19.2. The summed E-state index contributed by atoms with van der Waals surface area (Å²) < 4.78 is 1.03. The van der Waals surface area contributed by atoms with E-state index in [0.29, 0.717) is 11.7 Å². The van der Waals surface area contributed by atoms with Gasteiger partial charge in [0.1, 0.15) is 0 Å². The molecule has 2 amide bonds. The summed E-state index contributed by atoms with van der Waals surface area (Å²) in [6.45, 7) is 4.79. The van der Waals surface area contributed by atoms with Crippen LogP contribution < -0.4 is 10.2 Å². The first-order chi connectivity index (χ1) is 13.1. The van der Waals surface area contributed by atoms with Gasteiger partial charge in [0.05, 0.1) is 5.69 Å². The number of anilines is 2. The fraction of sp³-hybridized carbons (Fsp3) is 0.238. The number of carbonyl (C=O) groups excluding carboxylic acids is 1. The number of aryl methyl sites for hydroxylation is 1. The molecule has 140 valence electrons. The topological polar surface area (TPSA) is 45.2 Å². The molecule has 1 aromatic heterocycles. The van der Waals surface area contributed by atoms with Crippen LogP contribution in [-0.2, 0) is 6.42 Å². The van der Waals surface area contributed by atoms with Gasteiger partial charge in [-0.25, -0.2) is 9.78 Å². The second-order valence-electron chi connectivity index (χ2n) is 6.15. The molecule has 0 radical (unpaired) electrons. The highest BCUT2D eigenvalue weighted by atomic mass is 79.9. The van der Waals surface area contributed by atoms with Gasteiger partial charge in [-0.3, -0.25) is 4.90 Å². The van der Waals surface area contributed by atoms with Crippen molar-refractivity contribution in [1.82, 2.24) is 4.98 Å². The molecular weight excluding hydrogens is 422 g/mol. The molecule has 0 aliphatic rings. The van der Waals surface area contributed by atoms with Crippen LogP contribution in [0.3, 0.4) is 0 Å². The third-order valence-electron chi connectivity index (χ3n) is 4.17. The standard InChI is InChI=1S/C21H22BrN3OS/c1-3-13-25(20(26)23-18-11-5-15(4-2)6-12-18)21-24-19(14-27-21)16-7-9-17(22)10-8-16/h5-12,14H,3-4,13H2,1-2H3,(H,23,26). The molecule has 0 fully saturated rings. The first kappa shape index (κ1) is 19.6. The lowest BCUT2D eigenvalue weighted by Crippen LogP contribution is -2.35. The lowest BCUT2D eigenvalue weighted by molar-refractivity contribution is 0.257. The van der Waals surface area contributed by atoms with Crippen molar-refractivity contribution in [3.8, 4) is 11.3 Å². The third kappa shape index (κ3) is 4.96. The highest BCUT2D eigenvalue weighted by Crippen LogP contribution is 2.29. The molecule has 0 spiro atoms. The number of amides is 2. The van der Waals surface area contributed by atoms with Crippen molar-refractivity contribution in [1.29, 1.82) is 0 Å². The summed E-state index contributed by atoms with van der Waals surface area (Å²) in [5, 5.41) is 5.68. The highest BCUT2D eigenvalue weighted by Gasteiger charge is 2.19. The third-order valence-corrected chi connectivity index (χ3v) is 5.56. The average Bonchev–Trinajstić information content (AvgIpc) is 3.17. The van der Waals surface area contributed by atoms with E-state index in [4.69, 9.17) is 0 Å². The number of rotatable bonds is 6. The minimum atomic E-state index is -0.155. The number of aromatic nitrogens is 1. The molecule has 0 saturated heterocycles. The number of hydrogen-bond donors (Lipinski definition) is 1. The van der Waals surface area contributed by atoms with Crippen LogP contribution in [0.4, 0.5) is 15.6 Å². The molecular formula is C21H22BrN3OS. The van der Waals surface area contributed by atoms with Crippen LogP contribution in [-0.4, -0.2) is 17.6 Å². The highest BCUT2D eigenvalue weighted by molar-refractivity contribution is 9.10. The Bertz CT molecular complexity index is 891. The van der Waals surface area contributed by atoms with Crippen LogP contribution in [0.5, 0.6) is 0 Å². The van der Waals surface area contributed by atoms with Gasteiger partial charge < -0.3 is 5.32 Å². The summed E-state index contributed by atoms with van der Waals surface area (Å²) >= 11 is 4.93. The average molecular weight is 444 g/mol. The maximum absolute atomic E-state index is 12.8. The fourth-order valence-corrected chi connectivity index (χ4v) is 3.79. The molecule has 1 N–H and O–H groups in total. The van der Waals surface area contributed by atoms with Gasteiger partial charge in [0.25, 0.3) is 0 Å². The molecule has 1 heterocycles. The maximum atomic E-state index is 12.8. The number of nitrogens with one attached hydrogen (secondary N) is 1. The van der Waals surface area contributed by atoms with Crippen LogP contribution in [0.15, 0.2) is 58.4 Å². The summed E-state index contributed by atoms with van der Waals surface area (Å²) in [6.07, 6.45) is 1.84. The van der Waals surface area contributed by atoms with Gasteiger partial charge >= 0.3 is 6.03 Å². The van der Waals surface area contributed by atoms with Crippen molar-refractivity contribution in [2.24, 2.45) is 0 Å². The summed E-state index contributed by atoms with van der Waals surface area (Å²) in [5.74, 6) is 0. The zero-order valence-electron chi connectivity index (χ0n) is 15.4. The van der Waals surface area contributed by atoms with E-state index in [1.54, 1.807) is 4.90 Å². The lowest BCUT2D eigenvalue weighted by Gasteiger charge is -2.19. The molecule has 2 aromatic carbocycles. The molecule has 27 heavy (non-hydrogen) atoms. The predicted octanol–water partition coefficient (Wildman–Crippen LogP) is 6.58. The van der Waals surface area contributed by atoms with Crippen LogP contribution in [0.1, 0.15) is 25.8 Å². The predicted molar refractivity (Wildman–Crippen MR) is 118 cm³/mol. The Hall–Kier alpha value is -2.18. The van der Waals surface area contributed by atoms with Gasteiger partial charge in [0.15, 0.2) is 5.13 Å². The van der Waals surface area contributed by atoms with Crippen LogP contribution >= 0.6 is 27.3 Å². The van der Waals surface area contributed by atoms with Crippen LogP contribution in [0, 0.1) is 0 Å². The van der Waals surface area contributed by atoms with Crippen molar-refractivity contribution in [2.75, 3.05) is 16.8 Å². The molecule has 0 aliphatic carbocycles. The Morgan fingerprint density at radius 1 is 1.11 bits per heavy atom. The first-order valence-electron chi connectivity index (χ1n) is 8.99. The molecule has 6 heteroatoms. The Morgan fingerprint density at radius 2 is 1.81 bits per heavy atom. The zero-order chi connectivity index (χ0) is 19.2. The van der Waals surface area contributed by atoms with Crippen molar-refractivity contribution in [3.05, 3.63) is 63.9 Å². The van der Waals surface area contributed by atoms with Gasteiger partial charge in [0.2, 0.25) is 0 Å². The van der Waals surface area contributed by atoms with Crippen molar-refractivity contribution in [3.63, 3.8) is 0 Å². The molecule has 0 aliphatic heterocycles. The quantitative estimate of drug-likeness (QED) is 0.467. The molecule has 3 rings (SSSR count). The minimum absolute atomic E-state index is 0.155. The molecule has 0 saturated carbocycles. The summed E-state index contributed by atoms with van der Waals surface area (Å²) in [7, 11) is 0. The Labute approximate surface area is 172 Å². The van der Waals surface area contributed by atoms with Crippen molar-refractivity contribution in [2.45, 2.75) is 26.7 Å². The molecule has 0 bridgehead atoms. The molecule has 4 nitrogen and oxygen atoms in total. The minimum Gasteiger partial charge on any atom is -0.307 e. The van der Waals surface area contributed by atoms with Crippen molar-refractivity contribution < 1.29 is 4.79 Å². The fourth-order valence-electron chi connectivity index (χ4n) is 2.66. The lowest BCUT2D eigenvalue weighted by atomic mass is 10.1. The van der Waals surface area contributed by atoms with E-state index >= 15 is 0 Å². The molecule has 0 unspecified atom stereocenters. The van der Waals surface area contributed by atoms with Crippen LogP contribution in [0.2, 0.25) is 0 Å². The van der Waals surface area contributed by atoms with Gasteiger partial charge in [-0.15, -0.1) is 11.3 Å². The van der Waals surface area contributed by atoms with Gasteiger partial charge in [-0.1, -0.05) is 54.0 Å². The van der Waals surface area contributed by atoms with E-state index in [9.17, 15) is 4.79 Å². The number of benzene rings is 2. The second-order valence-corrected chi connectivity index (χ2v) is 7.91. The number of nitrogens with zero attached hydrogens (tertiary/aromatic N) is 2. The smallest absolute Gasteiger partial charge is 0.307 e. The Morgan fingerprint density at radius 3 is 2.44 bits per heavy atom. The van der Waals surface area contributed by atoms with E-state index in [-0.39, 0.29) is 6.03 Å². The number of carbonyl (C=O) groups is 1. The van der Waals surface area contributed by atoms with E-state index in [2.05, 4.69) is 40.1 Å². The Balaban J connectivity index is 1.78. The van der Waals surface area contributed by atoms with E-state index in [0.717, 1.165) is 34.3 Å². The SMILES string of the molecule is CCCN(C(=O)Nc1ccc(CC)cc1)c1nc(-c2ccc(Br)cc2)cs1. The number of thiazole rings is 1. The normalized spacial score (nSPS) is 10.6. The largest absolute Gasteiger partial charge is 0.328 e. The Kier molecular flexibility index (Phi) is 6.63. The van der Waals surface area contributed by atoms with E-state index in [1.165, 1.54) is 16.9 Å². The van der Waals surface area contributed by atoms with Gasteiger partial charge in [-0.2, -0.15) is 0 Å². The first-order valence-corrected chi connectivity index (χ1v) is 10.7. The van der Waals surface area contributed by atoms with E-state index < -0.39 is 0 Å². The number of hydrogen-bond acceptors (Lipinski definition) is 3. The molecule has 0 atom stereocenters. The van der Waals surface area contributed by atoms with E-state index in [1.807, 2.05) is 53.9 Å². The maximum Gasteiger partial charge on any atom is 0.328 e. The number of urea groups is 1. The monoisotopic (exact) mass is 443 g/mol. The van der Waals surface area contributed by atoms with Crippen molar-refractivity contribution >= 4 is 44.1 Å². The summed E-state index contributed by atoms with van der Waals surface area (Å²) in [5.41, 5.74) is 3.96. The van der Waals surface area contributed by atoms with Gasteiger partial charge in [0, 0.05) is 27.6 Å². The van der Waals surface area contributed by atoms with Crippen LogP contribution in [0.25, 0.3) is 11.3 Å². The zero-order valence-corrected chi connectivity index (χ0v) is 17.8.